The number of carboxylic acids is 2. The molecule has 0 aliphatic rings. The lowest BCUT2D eigenvalue weighted by Crippen LogP contribution is -2.15. The normalized spacial score (nSPS) is 10.5. The number of rotatable bonds is 7. The number of aromatic carboxylic acids is 2. The standard InChI is InChI=1S/C28H18Br2N2O6/c29-19-5-1-3-17(11-19)25(33)31-23-9-7-15(13-21(23)27(35)36)16-8-10-24(22(14-16)28(37)38)32-26(34)18-4-2-6-20(30)12-18/h1-14H,(H,31,33)(H,32,34)(H,35,36)(H,37,38). The zero-order valence-corrected chi connectivity index (χ0v) is 22.5. The van der Waals surface area contributed by atoms with Crippen molar-refractivity contribution < 1.29 is 29.4 Å². The summed E-state index contributed by atoms with van der Waals surface area (Å²) in [5, 5.41) is 24.8. The highest BCUT2D eigenvalue weighted by Gasteiger charge is 2.18. The highest BCUT2D eigenvalue weighted by molar-refractivity contribution is 9.10. The molecule has 10 heteroatoms. The Morgan fingerprint density at radius 3 is 1.29 bits per heavy atom. The second kappa shape index (κ2) is 11.4. The quantitative estimate of drug-likeness (QED) is 0.177. The summed E-state index contributed by atoms with van der Waals surface area (Å²) >= 11 is 6.59. The summed E-state index contributed by atoms with van der Waals surface area (Å²) in [4.78, 5) is 49.2. The van der Waals surface area contributed by atoms with Gasteiger partial charge in [0.15, 0.2) is 0 Å². The summed E-state index contributed by atoms with van der Waals surface area (Å²) < 4.78 is 1.40. The van der Waals surface area contributed by atoms with Crippen LogP contribution in [0.15, 0.2) is 93.9 Å². The van der Waals surface area contributed by atoms with Gasteiger partial charge in [0.2, 0.25) is 0 Å². The van der Waals surface area contributed by atoms with Crippen LogP contribution in [0.5, 0.6) is 0 Å². The molecule has 0 heterocycles. The van der Waals surface area contributed by atoms with Crippen molar-refractivity contribution in [3.8, 4) is 11.1 Å². The van der Waals surface area contributed by atoms with Crippen molar-refractivity contribution in [1.29, 1.82) is 0 Å². The molecule has 0 aromatic heterocycles. The molecule has 190 valence electrons. The van der Waals surface area contributed by atoms with Gasteiger partial charge in [0.25, 0.3) is 11.8 Å². The largest absolute Gasteiger partial charge is 0.478 e. The summed E-state index contributed by atoms with van der Waals surface area (Å²) in [5.41, 5.74) is 1.33. The number of carbonyl (C=O) groups is 4. The molecule has 0 fully saturated rings. The van der Waals surface area contributed by atoms with E-state index in [1.54, 1.807) is 60.7 Å². The molecule has 4 N–H and O–H groups in total. The Morgan fingerprint density at radius 1 is 0.553 bits per heavy atom. The van der Waals surface area contributed by atoms with Crippen molar-refractivity contribution in [2.24, 2.45) is 0 Å². The Morgan fingerprint density at radius 2 is 0.947 bits per heavy atom. The molecule has 0 aliphatic heterocycles. The summed E-state index contributed by atoms with van der Waals surface area (Å²) in [6.45, 7) is 0. The molecule has 38 heavy (non-hydrogen) atoms. The number of benzene rings is 4. The highest BCUT2D eigenvalue weighted by atomic mass is 79.9. The van der Waals surface area contributed by atoms with E-state index >= 15 is 0 Å². The third kappa shape index (κ3) is 6.16. The van der Waals surface area contributed by atoms with Gasteiger partial charge in [-0.1, -0.05) is 56.1 Å². The second-order valence-corrected chi connectivity index (χ2v) is 9.89. The molecule has 0 atom stereocenters. The smallest absolute Gasteiger partial charge is 0.337 e. The van der Waals surface area contributed by atoms with Crippen LogP contribution < -0.4 is 10.6 Å². The van der Waals surface area contributed by atoms with E-state index in [1.165, 1.54) is 24.3 Å². The van der Waals surface area contributed by atoms with Crippen LogP contribution in [0.2, 0.25) is 0 Å². The van der Waals surface area contributed by atoms with Gasteiger partial charge in [0.1, 0.15) is 0 Å². The fraction of sp³-hybridized carbons (Fsp3) is 0. The van der Waals surface area contributed by atoms with Crippen molar-refractivity contribution >= 4 is 67.0 Å². The van der Waals surface area contributed by atoms with Gasteiger partial charge in [-0.3, -0.25) is 9.59 Å². The Balaban J connectivity index is 1.64. The lowest BCUT2D eigenvalue weighted by atomic mass is 9.98. The first-order valence-electron chi connectivity index (χ1n) is 11.0. The second-order valence-electron chi connectivity index (χ2n) is 8.06. The Labute approximate surface area is 233 Å². The predicted molar refractivity (Wildman–Crippen MR) is 150 cm³/mol. The van der Waals surface area contributed by atoms with E-state index in [2.05, 4.69) is 42.5 Å². The van der Waals surface area contributed by atoms with Gasteiger partial charge in [-0.25, -0.2) is 9.59 Å². The molecule has 0 spiro atoms. The van der Waals surface area contributed by atoms with E-state index in [9.17, 15) is 29.4 Å². The molecule has 8 nitrogen and oxygen atoms in total. The first-order valence-corrected chi connectivity index (χ1v) is 12.6. The lowest BCUT2D eigenvalue weighted by Gasteiger charge is -2.13. The summed E-state index contributed by atoms with van der Waals surface area (Å²) in [6.07, 6.45) is 0. The van der Waals surface area contributed by atoms with Crippen molar-refractivity contribution in [3.63, 3.8) is 0 Å². The van der Waals surface area contributed by atoms with Crippen LogP contribution in [-0.2, 0) is 0 Å². The van der Waals surface area contributed by atoms with Crippen LogP contribution in [0.3, 0.4) is 0 Å². The number of nitrogens with one attached hydrogen (secondary N) is 2. The molecular weight excluding hydrogens is 620 g/mol. The number of anilines is 2. The maximum Gasteiger partial charge on any atom is 0.337 e. The first-order chi connectivity index (χ1) is 18.1. The summed E-state index contributed by atoms with van der Waals surface area (Å²) in [5.74, 6) is -3.51. The van der Waals surface area contributed by atoms with Crippen LogP contribution in [0.25, 0.3) is 11.1 Å². The Bertz CT molecular complexity index is 1480. The van der Waals surface area contributed by atoms with E-state index in [-0.39, 0.29) is 22.5 Å². The van der Waals surface area contributed by atoms with Crippen LogP contribution in [0, 0.1) is 0 Å². The van der Waals surface area contributed by atoms with Crippen molar-refractivity contribution in [1.82, 2.24) is 0 Å². The monoisotopic (exact) mass is 636 g/mol. The summed E-state index contributed by atoms with van der Waals surface area (Å²) in [6, 6.07) is 22.0. The molecular formula is C28H18Br2N2O6. The lowest BCUT2D eigenvalue weighted by molar-refractivity contribution is 0.0686. The van der Waals surface area contributed by atoms with E-state index in [0.717, 1.165) is 0 Å². The fourth-order valence-corrected chi connectivity index (χ4v) is 4.47. The Hall–Kier alpha value is -4.28. The van der Waals surface area contributed by atoms with Gasteiger partial charge in [-0.15, -0.1) is 0 Å². The van der Waals surface area contributed by atoms with Gasteiger partial charge in [-0.2, -0.15) is 0 Å². The van der Waals surface area contributed by atoms with Crippen molar-refractivity contribution in [2.75, 3.05) is 10.6 Å². The SMILES string of the molecule is O=C(Nc1ccc(-c2ccc(NC(=O)c3cccc(Br)c3)c(C(=O)O)c2)cc1C(=O)O)c1cccc(Br)c1. The summed E-state index contributed by atoms with van der Waals surface area (Å²) in [7, 11) is 0. The molecule has 4 aromatic rings. The molecule has 0 saturated carbocycles. The van der Waals surface area contributed by atoms with Crippen molar-refractivity contribution in [2.45, 2.75) is 0 Å². The van der Waals surface area contributed by atoms with Crippen LogP contribution in [0.4, 0.5) is 11.4 Å². The third-order valence-electron chi connectivity index (χ3n) is 5.50. The van der Waals surface area contributed by atoms with Gasteiger partial charge in [0, 0.05) is 20.1 Å². The number of halogens is 2. The zero-order chi connectivity index (χ0) is 27.4. The number of hydrogen-bond acceptors (Lipinski definition) is 4. The van der Waals surface area contributed by atoms with Crippen LogP contribution in [0.1, 0.15) is 41.4 Å². The number of hydrogen-bond donors (Lipinski definition) is 4. The average molecular weight is 638 g/mol. The predicted octanol–water partition coefficient (Wildman–Crippen LogP) is 6.78. The fourth-order valence-electron chi connectivity index (χ4n) is 3.67. The minimum atomic E-state index is -1.27. The van der Waals surface area contributed by atoms with Crippen LogP contribution in [-0.4, -0.2) is 34.0 Å². The van der Waals surface area contributed by atoms with Crippen LogP contribution >= 0.6 is 31.9 Å². The van der Waals surface area contributed by atoms with Gasteiger partial charge >= 0.3 is 11.9 Å². The molecule has 4 rings (SSSR count). The van der Waals surface area contributed by atoms with Crippen molar-refractivity contribution in [3.05, 3.63) is 116 Å². The van der Waals surface area contributed by atoms with E-state index in [0.29, 0.717) is 31.2 Å². The van der Waals surface area contributed by atoms with Gasteiger partial charge in [-0.05, 0) is 71.8 Å². The van der Waals surface area contributed by atoms with Gasteiger partial charge < -0.3 is 20.8 Å². The maximum atomic E-state index is 12.6. The molecule has 0 unspecified atom stereocenters. The Kier molecular flexibility index (Phi) is 8.04. The number of amides is 2. The molecule has 4 aromatic carbocycles. The topological polar surface area (TPSA) is 133 Å². The zero-order valence-electron chi connectivity index (χ0n) is 19.4. The molecule has 0 aliphatic carbocycles. The first kappa shape index (κ1) is 26.8. The highest BCUT2D eigenvalue weighted by Crippen LogP contribution is 2.30. The van der Waals surface area contributed by atoms with E-state index in [1.807, 2.05) is 0 Å². The molecule has 0 bridgehead atoms. The van der Waals surface area contributed by atoms with Gasteiger partial charge in [0.05, 0.1) is 22.5 Å². The molecule has 0 radical (unpaired) electrons. The third-order valence-corrected chi connectivity index (χ3v) is 6.49. The maximum absolute atomic E-state index is 12.6. The molecule has 0 saturated heterocycles. The average Bonchev–Trinajstić information content (AvgIpc) is 2.89. The number of carboxylic acid groups (broad SMARTS) is 2. The number of carbonyl (C=O) groups excluding carboxylic acids is 2. The van der Waals surface area contributed by atoms with E-state index in [4.69, 9.17) is 0 Å². The minimum absolute atomic E-state index is 0.0857. The minimum Gasteiger partial charge on any atom is -0.478 e. The molecule has 2 amide bonds. The van der Waals surface area contributed by atoms with E-state index < -0.39 is 23.8 Å².